The van der Waals surface area contributed by atoms with E-state index in [2.05, 4.69) is 26.1 Å². The molecule has 4 fully saturated rings. The molecule has 4 aliphatic rings. The summed E-state index contributed by atoms with van der Waals surface area (Å²) in [6.07, 6.45) is 14.3. The number of aliphatic hydroxyl groups excluding tert-OH is 1. The van der Waals surface area contributed by atoms with Gasteiger partial charge in [-0.25, -0.2) is 0 Å². The lowest BCUT2D eigenvalue weighted by Crippen LogP contribution is -2.55. The van der Waals surface area contributed by atoms with Crippen LogP contribution in [0.4, 0.5) is 0 Å². The molecule has 4 saturated carbocycles. The van der Waals surface area contributed by atoms with Crippen molar-refractivity contribution in [2.75, 3.05) is 13.1 Å². The Labute approximate surface area is 185 Å². The Kier molecular flexibility index (Phi) is 7.68. The van der Waals surface area contributed by atoms with Crippen LogP contribution in [0.25, 0.3) is 0 Å². The quantitative estimate of drug-likeness (QED) is 0.515. The molecule has 0 aromatic carbocycles. The van der Waals surface area contributed by atoms with Crippen molar-refractivity contribution in [3.8, 4) is 0 Å². The first-order valence-corrected chi connectivity index (χ1v) is 12.5. The summed E-state index contributed by atoms with van der Waals surface area (Å²) < 4.78 is 0. The van der Waals surface area contributed by atoms with Crippen LogP contribution < -0.4 is 11.1 Å². The highest BCUT2D eigenvalue weighted by Crippen LogP contribution is 2.67. The average Bonchev–Trinajstić information content (AvgIpc) is 3.03. The second-order valence-electron chi connectivity index (χ2n) is 11.6. The molecule has 0 bridgehead atoms. The van der Waals surface area contributed by atoms with Crippen LogP contribution in [-0.2, 0) is 0 Å². The van der Waals surface area contributed by atoms with Crippen molar-refractivity contribution in [3.05, 3.63) is 0 Å². The Hall–Kier alpha value is 0.170. The third-order valence-electron chi connectivity index (χ3n) is 10.4. The zero-order chi connectivity index (χ0) is 19.9. The van der Waals surface area contributed by atoms with Crippen LogP contribution in [0, 0.1) is 40.4 Å². The normalized spacial score (nSPS) is 47.5. The lowest BCUT2D eigenvalue weighted by atomic mass is 9.44. The number of fused-ring (bicyclic) bond motifs is 5. The fraction of sp³-hybridized carbons (Fsp3) is 1.00. The van der Waals surface area contributed by atoms with Gasteiger partial charge in [-0.15, -0.1) is 12.4 Å². The molecule has 4 aliphatic carbocycles. The zero-order valence-corrected chi connectivity index (χ0v) is 20.0. The van der Waals surface area contributed by atoms with E-state index in [-0.39, 0.29) is 18.5 Å². The number of nitrogens with two attached hydrogens (primary N) is 1. The highest BCUT2D eigenvalue weighted by molar-refractivity contribution is 5.85. The van der Waals surface area contributed by atoms with Gasteiger partial charge in [0.15, 0.2) is 0 Å². The Morgan fingerprint density at radius 1 is 0.966 bits per heavy atom. The summed E-state index contributed by atoms with van der Waals surface area (Å²) in [4.78, 5) is 0. The number of hydrogen-bond donors (Lipinski definition) is 3. The van der Waals surface area contributed by atoms with Crippen LogP contribution in [0.2, 0.25) is 0 Å². The Morgan fingerprint density at radius 3 is 2.45 bits per heavy atom. The molecular formula is C25H47ClN2O. The molecule has 9 atom stereocenters. The number of nitrogens with one attached hydrogen (secondary N) is 1. The molecule has 0 saturated heterocycles. The number of halogens is 1. The maximum Gasteiger partial charge on any atom is 0.0543 e. The van der Waals surface area contributed by atoms with Crippen LogP contribution in [0.5, 0.6) is 0 Å². The smallest absolute Gasteiger partial charge is 0.0543 e. The molecule has 0 heterocycles. The van der Waals surface area contributed by atoms with Crippen molar-refractivity contribution in [2.24, 2.45) is 46.2 Å². The number of rotatable bonds is 6. The third kappa shape index (κ3) is 4.15. The summed E-state index contributed by atoms with van der Waals surface area (Å²) in [6.45, 7) is 9.66. The van der Waals surface area contributed by atoms with Gasteiger partial charge in [0.1, 0.15) is 0 Å². The van der Waals surface area contributed by atoms with E-state index in [0.29, 0.717) is 16.9 Å². The molecule has 0 aliphatic heterocycles. The SMILES string of the molecule is CC(NCCCCN)[C@H]1CC[C@H]2[C@@H]3CCC4CC(O)CC[C@]4(C)[C@H]3CC[C@]12C.Cl. The molecule has 0 radical (unpaired) electrons. The molecule has 4 rings (SSSR count). The van der Waals surface area contributed by atoms with Crippen molar-refractivity contribution in [1.29, 1.82) is 0 Å². The van der Waals surface area contributed by atoms with Gasteiger partial charge in [0, 0.05) is 6.04 Å². The fourth-order valence-electron chi connectivity index (χ4n) is 8.84. The summed E-state index contributed by atoms with van der Waals surface area (Å²) >= 11 is 0. The second-order valence-corrected chi connectivity index (χ2v) is 11.6. The first-order chi connectivity index (χ1) is 13.4. The highest BCUT2D eigenvalue weighted by atomic mass is 35.5. The van der Waals surface area contributed by atoms with Gasteiger partial charge in [0.2, 0.25) is 0 Å². The molecule has 0 spiro atoms. The Bertz CT molecular complexity index is 545. The van der Waals surface area contributed by atoms with Crippen LogP contribution in [0.15, 0.2) is 0 Å². The third-order valence-corrected chi connectivity index (χ3v) is 10.4. The van der Waals surface area contributed by atoms with Crippen LogP contribution >= 0.6 is 12.4 Å². The van der Waals surface area contributed by atoms with Crippen LogP contribution in [0.3, 0.4) is 0 Å². The summed E-state index contributed by atoms with van der Waals surface area (Å²) in [5.74, 6) is 4.43. The minimum atomic E-state index is -0.0227. The second kappa shape index (κ2) is 9.35. The van der Waals surface area contributed by atoms with E-state index in [9.17, 15) is 5.11 Å². The molecule has 0 aromatic rings. The monoisotopic (exact) mass is 426 g/mol. The molecular weight excluding hydrogens is 380 g/mol. The van der Waals surface area contributed by atoms with E-state index < -0.39 is 0 Å². The lowest BCUT2D eigenvalue weighted by molar-refractivity contribution is -0.127. The minimum Gasteiger partial charge on any atom is -0.393 e. The Balaban J connectivity index is 0.00000240. The van der Waals surface area contributed by atoms with E-state index in [1.807, 2.05) is 0 Å². The van der Waals surface area contributed by atoms with Crippen molar-refractivity contribution in [2.45, 2.75) is 104 Å². The predicted octanol–water partition coefficient (Wildman–Crippen LogP) is 5.15. The molecule has 0 aromatic heterocycles. The van der Waals surface area contributed by atoms with Crippen LogP contribution in [0.1, 0.15) is 91.4 Å². The maximum atomic E-state index is 10.2. The maximum absolute atomic E-state index is 10.2. The molecule has 3 unspecified atom stereocenters. The topological polar surface area (TPSA) is 58.3 Å². The fourth-order valence-corrected chi connectivity index (χ4v) is 8.84. The summed E-state index contributed by atoms with van der Waals surface area (Å²) in [5.41, 5.74) is 6.71. The molecule has 0 amide bonds. The first-order valence-electron chi connectivity index (χ1n) is 12.5. The number of hydrogen-bond acceptors (Lipinski definition) is 3. The van der Waals surface area contributed by atoms with E-state index in [0.717, 1.165) is 61.9 Å². The van der Waals surface area contributed by atoms with Crippen molar-refractivity contribution < 1.29 is 5.11 Å². The summed E-state index contributed by atoms with van der Waals surface area (Å²) in [6, 6.07) is 0.640. The van der Waals surface area contributed by atoms with Gasteiger partial charge in [-0.3, -0.25) is 0 Å². The highest BCUT2D eigenvalue weighted by Gasteiger charge is 2.60. The average molecular weight is 427 g/mol. The molecule has 170 valence electrons. The van der Waals surface area contributed by atoms with Gasteiger partial charge in [-0.05, 0) is 131 Å². The Morgan fingerprint density at radius 2 is 1.69 bits per heavy atom. The van der Waals surface area contributed by atoms with Crippen LogP contribution in [-0.4, -0.2) is 30.3 Å². The zero-order valence-electron chi connectivity index (χ0n) is 19.2. The van der Waals surface area contributed by atoms with E-state index in [4.69, 9.17) is 5.73 Å². The molecule has 4 N–H and O–H groups in total. The van der Waals surface area contributed by atoms with Gasteiger partial charge >= 0.3 is 0 Å². The van der Waals surface area contributed by atoms with Crippen molar-refractivity contribution in [3.63, 3.8) is 0 Å². The van der Waals surface area contributed by atoms with Gasteiger partial charge in [-0.1, -0.05) is 13.8 Å². The molecule has 3 nitrogen and oxygen atoms in total. The first kappa shape index (κ1) is 23.8. The van der Waals surface area contributed by atoms with Crippen molar-refractivity contribution >= 4 is 12.4 Å². The van der Waals surface area contributed by atoms with Gasteiger partial charge < -0.3 is 16.2 Å². The summed E-state index contributed by atoms with van der Waals surface area (Å²) in [5, 5.41) is 14.1. The molecule has 4 heteroatoms. The minimum absolute atomic E-state index is 0. The standard InChI is InChI=1S/C25H46N2O.ClH/c1-17(27-15-5-4-14-26)21-8-9-22-20-7-6-18-16-19(28)10-12-24(18,2)23(20)11-13-25(21,22)3;/h17-23,27-28H,4-16,26H2,1-3H3;1H/t17?,18?,19?,20-,21+,22-,23-,24-,25+;/m0./s1. The number of aliphatic hydroxyl groups is 1. The number of unbranched alkanes of at least 4 members (excludes halogenated alkanes) is 1. The van der Waals surface area contributed by atoms with E-state index in [1.54, 1.807) is 0 Å². The van der Waals surface area contributed by atoms with Gasteiger partial charge in [-0.2, -0.15) is 0 Å². The predicted molar refractivity (Wildman–Crippen MR) is 124 cm³/mol. The van der Waals surface area contributed by atoms with E-state index in [1.165, 1.54) is 51.4 Å². The lowest BCUT2D eigenvalue weighted by Gasteiger charge is -2.61. The van der Waals surface area contributed by atoms with E-state index >= 15 is 0 Å². The summed E-state index contributed by atoms with van der Waals surface area (Å²) in [7, 11) is 0. The molecule has 29 heavy (non-hydrogen) atoms. The van der Waals surface area contributed by atoms with Crippen molar-refractivity contribution in [1.82, 2.24) is 5.32 Å². The largest absolute Gasteiger partial charge is 0.393 e. The van der Waals surface area contributed by atoms with Gasteiger partial charge in [0.05, 0.1) is 6.10 Å². The van der Waals surface area contributed by atoms with Gasteiger partial charge in [0.25, 0.3) is 0 Å².